The Morgan fingerprint density at radius 2 is 2.14 bits per heavy atom. The monoisotopic (exact) mass is 354 g/mol. The lowest BCUT2D eigenvalue weighted by atomic mass is 9.85. The van der Waals surface area contributed by atoms with Crippen molar-refractivity contribution in [3.63, 3.8) is 0 Å². The highest BCUT2D eigenvalue weighted by Crippen LogP contribution is 2.27. The molecule has 0 aliphatic heterocycles. The van der Waals surface area contributed by atoms with Gasteiger partial charge in [0.1, 0.15) is 5.56 Å². The summed E-state index contributed by atoms with van der Waals surface area (Å²) in [5, 5.41) is 14.9. The van der Waals surface area contributed by atoms with Crippen LogP contribution in [-0.4, -0.2) is 22.2 Å². The minimum Gasteiger partial charge on any atom is -0.349 e. The number of alkyl halides is 1. The van der Waals surface area contributed by atoms with Crippen LogP contribution in [0, 0.1) is 23.0 Å². The summed E-state index contributed by atoms with van der Waals surface area (Å²) in [7, 11) is 0. The number of aryl methyl sites for hydroxylation is 1. The largest absolute Gasteiger partial charge is 0.349 e. The van der Waals surface area contributed by atoms with Crippen molar-refractivity contribution in [3.8, 4) is 0 Å². The molecule has 1 amide bonds. The molecule has 1 aliphatic carbocycles. The number of nitrogens with one attached hydrogen (secondary N) is 1. The summed E-state index contributed by atoms with van der Waals surface area (Å²) in [5.74, 6) is 0.0508. The Kier molecular flexibility index (Phi) is 5.33. The Hall–Kier alpha value is -1.43. The van der Waals surface area contributed by atoms with Gasteiger partial charge < -0.3 is 5.32 Å². The number of nitro benzene ring substituents is 1. The average Bonchev–Trinajstić information content (AvgIpc) is 2.47. The number of nitro groups is 1. The van der Waals surface area contributed by atoms with Crippen LogP contribution in [0.4, 0.5) is 5.69 Å². The number of carbonyl (C=O) groups is 1. The number of halogens is 1. The third kappa shape index (κ3) is 3.81. The van der Waals surface area contributed by atoms with E-state index in [2.05, 4.69) is 21.2 Å². The first-order chi connectivity index (χ1) is 10.0. The second-order valence-corrected chi connectivity index (χ2v) is 6.20. The van der Waals surface area contributed by atoms with Gasteiger partial charge in [0.2, 0.25) is 0 Å². The predicted octanol–water partition coefficient (Wildman–Crippen LogP) is 3.59. The molecule has 1 fully saturated rings. The van der Waals surface area contributed by atoms with E-state index in [1.54, 1.807) is 12.1 Å². The molecule has 0 aromatic heterocycles. The molecule has 0 saturated heterocycles. The zero-order valence-corrected chi connectivity index (χ0v) is 13.6. The van der Waals surface area contributed by atoms with Gasteiger partial charge in [-0.25, -0.2) is 0 Å². The van der Waals surface area contributed by atoms with Crippen LogP contribution in [-0.2, 0) is 0 Å². The zero-order valence-electron chi connectivity index (χ0n) is 12.0. The molecule has 21 heavy (non-hydrogen) atoms. The third-order valence-electron chi connectivity index (χ3n) is 4.02. The molecular formula is C15H19BrN2O3. The second kappa shape index (κ2) is 7.02. The van der Waals surface area contributed by atoms with Gasteiger partial charge in [-0.15, -0.1) is 0 Å². The van der Waals surface area contributed by atoms with Crippen LogP contribution in [0.3, 0.4) is 0 Å². The molecule has 0 spiro atoms. The van der Waals surface area contributed by atoms with Crippen molar-refractivity contribution >= 4 is 27.5 Å². The molecule has 1 N–H and O–H groups in total. The molecule has 1 aromatic rings. The Morgan fingerprint density at radius 3 is 2.81 bits per heavy atom. The van der Waals surface area contributed by atoms with E-state index < -0.39 is 4.92 Å². The van der Waals surface area contributed by atoms with Crippen LogP contribution < -0.4 is 5.32 Å². The summed E-state index contributed by atoms with van der Waals surface area (Å²) < 4.78 is 0. The summed E-state index contributed by atoms with van der Waals surface area (Å²) in [6.45, 7) is 1.82. The summed E-state index contributed by atoms with van der Waals surface area (Å²) in [5.41, 5.74) is 0.856. The zero-order chi connectivity index (χ0) is 15.4. The molecule has 1 aliphatic rings. The summed E-state index contributed by atoms with van der Waals surface area (Å²) >= 11 is 3.49. The summed E-state index contributed by atoms with van der Waals surface area (Å²) in [4.78, 5) is 23.0. The number of benzene rings is 1. The van der Waals surface area contributed by atoms with E-state index in [0.717, 1.165) is 30.2 Å². The first-order valence-corrected chi connectivity index (χ1v) is 8.27. The van der Waals surface area contributed by atoms with Crippen LogP contribution in [0.2, 0.25) is 0 Å². The lowest BCUT2D eigenvalue weighted by molar-refractivity contribution is -0.385. The number of carbonyl (C=O) groups excluding carboxylic acids is 1. The fraction of sp³-hybridized carbons (Fsp3) is 0.533. The molecule has 0 bridgehead atoms. The fourth-order valence-corrected chi connectivity index (χ4v) is 3.59. The maximum atomic E-state index is 12.4. The van der Waals surface area contributed by atoms with Gasteiger partial charge in [-0.05, 0) is 37.3 Å². The van der Waals surface area contributed by atoms with Gasteiger partial charge in [-0.2, -0.15) is 0 Å². The predicted molar refractivity (Wildman–Crippen MR) is 84.8 cm³/mol. The van der Waals surface area contributed by atoms with E-state index >= 15 is 0 Å². The molecule has 2 atom stereocenters. The van der Waals surface area contributed by atoms with Crippen molar-refractivity contribution in [2.24, 2.45) is 5.92 Å². The smallest absolute Gasteiger partial charge is 0.282 e. The molecule has 2 rings (SSSR count). The highest BCUT2D eigenvalue weighted by atomic mass is 79.9. The molecule has 2 unspecified atom stereocenters. The molecule has 1 saturated carbocycles. The molecule has 0 radical (unpaired) electrons. The number of hydrogen-bond donors (Lipinski definition) is 1. The van der Waals surface area contributed by atoms with Crippen molar-refractivity contribution in [2.75, 3.05) is 5.33 Å². The van der Waals surface area contributed by atoms with Crippen LogP contribution in [0.25, 0.3) is 0 Å². The number of nitrogens with zero attached hydrogens (tertiary/aromatic N) is 1. The van der Waals surface area contributed by atoms with E-state index in [4.69, 9.17) is 0 Å². The van der Waals surface area contributed by atoms with Crippen molar-refractivity contribution in [1.29, 1.82) is 0 Å². The maximum Gasteiger partial charge on any atom is 0.282 e. The summed E-state index contributed by atoms with van der Waals surface area (Å²) in [6, 6.07) is 4.72. The van der Waals surface area contributed by atoms with E-state index in [1.807, 2.05) is 6.92 Å². The summed E-state index contributed by atoms with van der Waals surface area (Å²) in [6.07, 6.45) is 4.27. The number of hydrogen-bond acceptors (Lipinski definition) is 3. The first kappa shape index (κ1) is 15.9. The fourth-order valence-electron chi connectivity index (χ4n) is 2.82. The quantitative estimate of drug-likeness (QED) is 0.510. The molecular weight excluding hydrogens is 336 g/mol. The van der Waals surface area contributed by atoms with Gasteiger partial charge in [0.25, 0.3) is 11.6 Å². The van der Waals surface area contributed by atoms with Gasteiger partial charge in [0, 0.05) is 17.4 Å². The normalized spacial score (nSPS) is 21.8. The minimum atomic E-state index is -0.503. The maximum absolute atomic E-state index is 12.4. The lowest BCUT2D eigenvalue weighted by Gasteiger charge is -2.30. The standard InChI is InChI=1S/C15H19BrN2O3/c1-10-6-7-14(18(20)21)12(8-10)15(19)17-13-5-3-2-4-11(13)9-16/h6-8,11,13H,2-5,9H2,1H3,(H,17,19). The number of rotatable bonds is 4. The third-order valence-corrected chi connectivity index (χ3v) is 4.85. The van der Waals surface area contributed by atoms with Gasteiger partial charge in [-0.3, -0.25) is 14.9 Å². The highest BCUT2D eigenvalue weighted by molar-refractivity contribution is 9.09. The van der Waals surface area contributed by atoms with Crippen LogP contribution in [0.1, 0.15) is 41.6 Å². The average molecular weight is 355 g/mol. The Morgan fingerprint density at radius 1 is 1.43 bits per heavy atom. The Labute approximate surface area is 132 Å². The van der Waals surface area contributed by atoms with Gasteiger partial charge >= 0.3 is 0 Å². The van der Waals surface area contributed by atoms with E-state index in [-0.39, 0.29) is 23.2 Å². The number of amides is 1. The molecule has 1 aromatic carbocycles. The van der Waals surface area contributed by atoms with E-state index in [1.165, 1.54) is 12.5 Å². The molecule has 0 heterocycles. The van der Waals surface area contributed by atoms with Gasteiger partial charge in [0.15, 0.2) is 0 Å². The Balaban J connectivity index is 2.19. The first-order valence-electron chi connectivity index (χ1n) is 7.14. The second-order valence-electron chi connectivity index (χ2n) is 5.56. The highest BCUT2D eigenvalue weighted by Gasteiger charge is 2.28. The molecule has 6 heteroatoms. The van der Waals surface area contributed by atoms with Crippen molar-refractivity contribution in [2.45, 2.75) is 38.6 Å². The van der Waals surface area contributed by atoms with Crippen LogP contribution in [0.5, 0.6) is 0 Å². The molecule has 5 nitrogen and oxygen atoms in total. The minimum absolute atomic E-state index is 0.0886. The van der Waals surface area contributed by atoms with Crippen molar-refractivity contribution in [3.05, 3.63) is 39.4 Å². The van der Waals surface area contributed by atoms with Gasteiger partial charge in [-0.1, -0.05) is 34.8 Å². The van der Waals surface area contributed by atoms with E-state index in [9.17, 15) is 14.9 Å². The lowest BCUT2D eigenvalue weighted by Crippen LogP contribution is -2.42. The van der Waals surface area contributed by atoms with E-state index in [0.29, 0.717) is 5.92 Å². The topological polar surface area (TPSA) is 72.2 Å². The van der Waals surface area contributed by atoms with Crippen molar-refractivity contribution in [1.82, 2.24) is 5.32 Å². The van der Waals surface area contributed by atoms with Crippen LogP contribution >= 0.6 is 15.9 Å². The van der Waals surface area contributed by atoms with Crippen LogP contribution in [0.15, 0.2) is 18.2 Å². The van der Waals surface area contributed by atoms with Gasteiger partial charge in [0.05, 0.1) is 4.92 Å². The van der Waals surface area contributed by atoms with Crippen molar-refractivity contribution < 1.29 is 9.72 Å². The molecule has 114 valence electrons. The Bertz CT molecular complexity index is 548. The SMILES string of the molecule is Cc1ccc([N+](=O)[O-])c(C(=O)NC2CCCCC2CBr)c1.